The van der Waals surface area contributed by atoms with Gasteiger partial charge in [0.05, 0.1) is 25.2 Å². The van der Waals surface area contributed by atoms with Crippen LogP contribution in [-0.4, -0.2) is 41.3 Å². The summed E-state index contributed by atoms with van der Waals surface area (Å²) in [5.74, 6) is -0.860. The van der Waals surface area contributed by atoms with Crippen LogP contribution in [-0.2, 0) is 15.8 Å². The number of nitrogen functional groups attached to an aromatic ring is 1. The topological polar surface area (TPSA) is 136 Å². The lowest BCUT2D eigenvalue weighted by atomic mass is 10.2. The van der Waals surface area contributed by atoms with Gasteiger partial charge >= 0.3 is 7.60 Å². The Kier molecular flexibility index (Phi) is 3.21. The number of nitrogens with two attached hydrogens (primary N) is 1. The molecule has 9 nitrogen and oxygen atoms in total. The number of anilines is 1. The molecule has 1 saturated heterocycles. The van der Waals surface area contributed by atoms with Crippen LogP contribution < -0.4 is 5.73 Å². The Balaban J connectivity index is 1.78. The molecule has 2 aromatic heterocycles. The van der Waals surface area contributed by atoms with Gasteiger partial charge in [0.2, 0.25) is 5.95 Å². The van der Waals surface area contributed by atoms with Crippen LogP contribution in [0, 0.1) is 0 Å². The number of fused-ring (bicyclic) bond motifs is 1. The second-order valence-electron chi connectivity index (χ2n) is 4.71. The lowest BCUT2D eigenvalue weighted by Gasteiger charge is -2.15. The molecule has 0 aromatic carbocycles. The van der Waals surface area contributed by atoms with Crippen molar-refractivity contribution in [2.24, 2.45) is 0 Å². The summed E-state index contributed by atoms with van der Waals surface area (Å²) in [5.41, 5.74) is 6.74. The predicted octanol–water partition coefficient (Wildman–Crippen LogP) is 0.0913. The van der Waals surface area contributed by atoms with Crippen molar-refractivity contribution >= 4 is 24.7 Å². The fraction of sp³-hybridized carbons (Fsp3) is 0.500. The average Bonchev–Trinajstić information content (AvgIpc) is 2.97. The lowest BCUT2D eigenvalue weighted by Crippen LogP contribution is -2.17. The van der Waals surface area contributed by atoms with Crippen LogP contribution in [0.15, 0.2) is 12.5 Å². The smallest absolute Gasteiger partial charge is 0.354 e. The van der Waals surface area contributed by atoms with Crippen LogP contribution in [0.4, 0.5) is 5.95 Å². The van der Waals surface area contributed by atoms with E-state index in [1.807, 2.05) is 0 Å². The Morgan fingerprint density at radius 1 is 1.45 bits per heavy atom. The molecule has 0 radical (unpaired) electrons. The fourth-order valence-electron chi connectivity index (χ4n) is 2.29. The minimum atomic E-state index is -4.19. The van der Waals surface area contributed by atoms with Gasteiger partial charge in [0, 0.05) is 0 Å². The van der Waals surface area contributed by atoms with E-state index in [9.17, 15) is 4.57 Å². The fourth-order valence-corrected chi connectivity index (χ4v) is 3.11. The Hall–Kier alpha value is -1.54. The van der Waals surface area contributed by atoms with Gasteiger partial charge in [0.1, 0.15) is 5.52 Å². The second-order valence-corrected chi connectivity index (χ2v) is 6.47. The van der Waals surface area contributed by atoms with Gasteiger partial charge in [0.25, 0.3) is 0 Å². The molecule has 1 fully saturated rings. The summed E-state index contributed by atoms with van der Waals surface area (Å²) < 4.78 is 18.3. The molecule has 3 rings (SSSR count). The van der Waals surface area contributed by atoms with Gasteiger partial charge in [-0.3, -0.25) is 4.57 Å². The third kappa shape index (κ3) is 2.53. The molecule has 20 heavy (non-hydrogen) atoms. The summed E-state index contributed by atoms with van der Waals surface area (Å²) in [5, 5.41) is 0. The van der Waals surface area contributed by atoms with E-state index in [0.29, 0.717) is 30.6 Å². The van der Waals surface area contributed by atoms with Crippen LogP contribution in [0.5, 0.6) is 0 Å². The van der Waals surface area contributed by atoms with E-state index >= 15 is 0 Å². The van der Waals surface area contributed by atoms with Gasteiger partial charge in [-0.15, -0.1) is 0 Å². The molecule has 2 atom stereocenters. The van der Waals surface area contributed by atoms with Gasteiger partial charge in [-0.1, -0.05) is 0 Å². The van der Waals surface area contributed by atoms with Crippen molar-refractivity contribution in [1.29, 1.82) is 0 Å². The molecule has 3 heterocycles. The van der Waals surface area contributed by atoms with Crippen molar-refractivity contribution < 1.29 is 19.1 Å². The number of nitrogens with zero attached hydrogens (tertiary/aromatic N) is 4. The molecule has 0 spiro atoms. The zero-order valence-electron chi connectivity index (χ0n) is 10.5. The van der Waals surface area contributed by atoms with E-state index in [4.69, 9.17) is 20.3 Å². The zero-order valence-corrected chi connectivity index (χ0v) is 11.3. The maximum Gasteiger partial charge on any atom is 0.354 e. The van der Waals surface area contributed by atoms with Crippen molar-refractivity contribution in [1.82, 2.24) is 19.5 Å². The summed E-state index contributed by atoms with van der Waals surface area (Å²) in [6, 6.07) is 0. The summed E-state index contributed by atoms with van der Waals surface area (Å²) in [6.45, 7) is 0.420. The van der Waals surface area contributed by atoms with Crippen LogP contribution in [0.1, 0.15) is 12.8 Å². The molecule has 108 valence electrons. The van der Waals surface area contributed by atoms with E-state index in [1.54, 1.807) is 10.9 Å². The molecule has 1 aliphatic rings. The van der Waals surface area contributed by atoms with Gasteiger partial charge in [0.15, 0.2) is 11.5 Å². The lowest BCUT2D eigenvalue weighted by molar-refractivity contribution is 0.0621. The highest BCUT2D eigenvalue weighted by molar-refractivity contribution is 7.52. The maximum absolute atomic E-state index is 11.2. The molecule has 4 N–H and O–H groups in total. The minimum Gasteiger partial charge on any atom is -0.368 e. The number of rotatable bonds is 3. The standard InChI is InChI=1S/C10H14N5O4P/c11-10-12-3-7-9(14-10)15(5-13-7)4-6-1-2-8(19-6)20(16,17)18/h3,5-6,8H,1-2,4H2,(H2,11,12,14)(H2,16,17,18)/t6-,8-/m0/s1. The number of ether oxygens (including phenoxy) is 1. The molecule has 0 unspecified atom stereocenters. The van der Waals surface area contributed by atoms with Crippen molar-refractivity contribution in [3.05, 3.63) is 12.5 Å². The second kappa shape index (κ2) is 4.78. The normalized spacial score (nSPS) is 23.5. The summed E-state index contributed by atoms with van der Waals surface area (Å²) >= 11 is 0. The molecular formula is C10H14N5O4P. The van der Waals surface area contributed by atoms with Gasteiger partial charge < -0.3 is 24.8 Å². The van der Waals surface area contributed by atoms with Crippen molar-refractivity contribution in [3.63, 3.8) is 0 Å². The maximum atomic E-state index is 11.2. The van der Waals surface area contributed by atoms with Gasteiger partial charge in [-0.25, -0.2) is 9.97 Å². The van der Waals surface area contributed by atoms with Gasteiger partial charge in [-0.05, 0) is 12.8 Å². The molecule has 0 bridgehead atoms. The first-order chi connectivity index (χ1) is 9.43. The van der Waals surface area contributed by atoms with Crippen LogP contribution in [0.25, 0.3) is 11.2 Å². The summed E-state index contributed by atoms with van der Waals surface area (Å²) in [6.07, 6.45) is 3.77. The van der Waals surface area contributed by atoms with Crippen LogP contribution in [0.3, 0.4) is 0 Å². The molecule has 0 aliphatic carbocycles. The number of hydrogen-bond donors (Lipinski definition) is 3. The van der Waals surface area contributed by atoms with Crippen LogP contribution in [0.2, 0.25) is 0 Å². The Morgan fingerprint density at radius 3 is 2.95 bits per heavy atom. The van der Waals surface area contributed by atoms with E-state index in [-0.39, 0.29) is 12.1 Å². The third-order valence-electron chi connectivity index (χ3n) is 3.24. The van der Waals surface area contributed by atoms with E-state index in [1.165, 1.54) is 6.20 Å². The van der Waals surface area contributed by atoms with E-state index in [0.717, 1.165) is 0 Å². The first-order valence-electron chi connectivity index (χ1n) is 6.07. The first kappa shape index (κ1) is 13.4. The first-order valence-corrected chi connectivity index (χ1v) is 7.75. The van der Waals surface area contributed by atoms with Gasteiger partial charge in [-0.2, -0.15) is 4.98 Å². The van der Waals surface area contributed by atoms with Crippen molar-refractivity contribution in [3.8, 4) is 0 Å². The molecule has 0 saturated carbocycles. The summed E-state index contributed by atoms with van der Waals surface area (Å²) in [4.78, 5) is 30.3. The average molecular weight is 299 g/mol. The molecule has 10 heteroatoms. The Morgan fingerprint density at radius 2 is 2.25 bits per heavy atom. The quantitative estimate of drug-likeness (QED) is 0.678. The Bertz CT molecular complexity index is 683. The van der Waals surface area contributed by atoms with Crippen molar-refractivity contribution in [2.75, 3.05) is 5.73 Å². The van der Waals surface area contributed by atoms with Crippen LogP contribution >= 0.6 is 7.60 Å². The monoisotopic (exact) mass is 299 g/mol. The van der Waals surface area contributed by atoms with E-state index in [2.05, 4.69) is 15.0 Å². The highest BCUT2D eigenvalue weighted by atomic mass is 31.2. The largest absolute Gasteiger partial charge is 0.368 e. The minimum absolute atomic E-state index is 0.152. The number of imidazole rings is 1. The van der Waals surface area contributed by atoms with Crippen molar-refractivity contribution in [2.45, 2.75) is 31.3 Å². The van der Waals surface area contributed by atoms with E-state index < -0.39 is 13.4 Å². The molecule has 1 aliphatic heterocycles. The third-order valence-corrected chi connectivity index (χ3v) is 4.37. The molecule has 2 aromatic rings. The summed E-state index contributed by atoms with van der Waals surface area (Å²) in [7, 11) is -4.19. The predicted molar refractivity (Wildman–Crippen MR) is 69.7 cm³/mol. The molecule has 0 amide bonds. The SMILES string of the molecule is Nc1ncc2ncn(C[C@@H]3CC[C@H](P(=O)(O)O)O3)c2n1. The zero-order chi connectivity index (χ0) is 14.3. The Labute approximate surface area is 114 Å². The number of aromatic nitrogens is 4. The highest BCUT2D eigenvalue weighted by Gasteiger charge is 2.37. The molecular weight excluding hydrogens is 285 g/mol. The highest BCUT2D eigenvalue weighted by Crippen LogP contribution is 2.48. The number of hydrogen-bond acceptors (Lipinski definition) is 6.